The average Bonchev–Trinajstić information content (AvgIpc) is 3.54. The number of benzene rings is 1. The Bertz CT molecular complexity index is 1010. The van der Waals surface area contributed by atoms with E-state index in [0.29, 0.717) is 11.4 Å². The maximum Gasteiger partial charge on any atom is 0.265 e. The van der Waals surface area contributed by atoms with E-state index < -0.39 is 6.04 Å². The fourth-order valence-corrected chi connectivity index (χ4v) is 5.70. The topological polar surface area (TPSA) is 58.6 Å². The van der Waals surface area contributed by atoms with Gasteiger partial charge in [0.2, 0.25) is 5.91 Å². The lowest BCUT2D eigenvalue weighted by molar-refractivity contribution is -0.127. The van der Waals surface area contributed by atoms with E-state index in [1.807, 2.05) is 59.3 Å². The Balaban J connectivity index is 1.68. The molecule has 4 rings (SSSR count). The molecule has 1 aromatic carbocycles. The second kappa shape index (κ2) is 10.8. The number of thiophene rings is 2. The van der Waals surface area contributed by atoms with E-state index in [-0.39, 0.29) is 17.9 Å². The third kappa shape index (κ3) is 5.40. The summed E-state index contributed by atoms with van der Waals surface area (Å²) in [5.41, 5.74) is 0.918. The van der Waals surface area contributed by atoms with Crippen LogP contribution in [0.25, 0.3) is 0 Å². The normalized spacial score (nSPS) is 15.2. The number of hydrogen-bond donors (Lipinski definition) is 1. The van der Waals surface area contributed by atoms with Crippen LogP contribution in [0, 0.1) is 0 Å². The van der Waals surface area contributed by atoms with Crippen molar-refractivity contribution >= 4 is 34.5 Å². The van der Waals surface area contributed by atoms with Crippen LogP contribution in [-0.4, -0.2) is 29.9 Å². The first-order chi connectivity index (χ1) is 15.7. The number of carbonyl (C=O) groups excluding carboxylic acids is 2. The second-order valence-electron chi connectivity index (χ2n) is 8.02. The zero-order valence-electron chi connectivity index (χ0n) is 18.2. The SMILES string of the molecule is COc1cccc(CN(C(=O)c2cccs2)[C@@H](C(=O)NC2CCCCC2)c2cccs2)c1. The summed E-state index contributed by atoms with van der Waals surface area (Å²) < 4.78 is 5.37. The molecule has 0 saturated heterocycles. The summed E-state index contributed by atoms with van der Waals surface area (Å²) >= 11 is 2.90. The van der Waals surface area contributed by atoms with Crippen molar-refractivity contribution in [3.05, 3.63) is 74.6 Å². The molecule has 0 unspecified atom stereocenters. The number of amides is 2. The van der Waals surface area contributed by atoms with E-state index in [4.69, 9.17) is 4.74 Å². The Labute approximate surface area is 197 Å². The van der Waals surface area contributed by atoms with Crippen LogP contribution in [0.1, 0.15) is 58.3 Å². The van der Waals surface area contributed by atoms with E-state index in [9.17, 15) is 9.59 Å². The van der Waals surface area contributed by atoms with E-state index in [1.165, 1.54) is 29.1 Å². The van der Waals surface area contributed by atoms with Crippen molar-refractivity contribution < 1.29 is 14.3 Å². The number of methoxy groups -OCH3 is 1. The standard InChI is InChI=1S/C25H28N2O3S2/c1-30-20-11-5-8-18(16-20)17-27(25(29)22-13-7-15-32-22)23(21-12-6-14-31-21)24(28)26-19-9-3-2-4-10-19/h5-8,11-16,19,23H,2-4,9-10,17H2,1H3,(H,26,28)/t23-/m1/s1. The Kier molecular flexibility index (Phi) is 7.60. The van der Waals surface area contributed by atoms with Crippen LogP contribution in [0.3, 0.4) is 0 Å². The van der Waals surface area contributed by atoms with Crippen molar-refractivity contribution in [2.75, 3.05) is 7.11 Å². The third-order valence-electron chi connectivity index (χ3n) is 5.80. The van der Waals surface area contributed by atoms with Gasteiger partial charge in [0.05, 0.1) is 12.0 Å². The van der Waals surface area contributed by atoms with E-state index in [2.05, 4.69) is 5.32 Å². The smallest absolute Gasteiger partial charge is 0.265 e. The predicted octanol–water partition coefficient (Wildman–Crippen LogP) is 5.65. The molecule has 5 nitrogen and oxygen atoms in total. The Morgan fingerprint density at radius 2 is 1.84 bits per heavy atom. The van der Waals surface area contributed by atoms with Gasteiger partial charge < -0.3 is 15.0 Å². The predicted molar refractivity (Wildman–Crippen MR) is 129 cm³/mol. The van der Waals surface area contributed by atoms with Gasteiger partial charge in [-0.05, 0) is 53.4 Å². The number of carbonyl (C=O) groups is 2. The van der Waals surface area contributed by atoms with Gasteiger partial charge in [-0.3, -0.25) is 9.59 Å². The van der Waals surface area contributed by atoms with E-state index in [1.54, 1.807) is 12.0 Å². The van der Waals surface area contributed by atoms with Crippen molar-refractivity contribution in [1.82, 2.24) is 10.2 Å². The van der Waals surface area contributed by atoms with Gasteiger partial charge in [0.15, 0.2) is 0 Å². The number of nitrogens with one attached hydrogen (secondary N) is 1. The zero-order valence-corrected chi connectivity index (χ0v) is 19.8. The molecule has 32 heavy (non-hydrogen) atoms. The first-order valence-electron chi connectivity index (χ1n) is 11.0. The van der Waals surface area contributed by atoms with Gasteiger partial charge in [0, 0.05) is 17.5 Å². The van der Waals surface area contributed by atoms with Crippen LogP contribution >= 0.6 is 22.7 Å². The molecule has 1 aliphatic rings. The van der Waals surface area contributed by atoms with Gasteiger partial charge in [-0.15, -0.1) is 22.7 Å². The van der Waals surface area contributed by atoms with Gasteiger partial charge in [-0.1, -0.05) is 43.5 Å². The van der Waals surface area contributed by atoms with Gasteiger partial charge in [-0.25, -0.2) is 0 Å². The molecule has 2 heterocycles. The molecule has 0 radical (unpaired) electrons. The van der Waals surface area contributed by atoms with Crippen molar-refractivity contribution in [2.45, 2.75) is 50.7 Å². The molecular weight excluding hydrogens is 440 g/mol. The summed E-state index contributed by atoms with van der Waals surface area (Å²) in [4.78, 5) is 30.4. The minimum atomic E-state index is -0.683. The van der Waals surface area contributed by atoms with Gasteiger partial charge in [0.25, 0.3) is 5.91 Å². The van der Waals surface area contributed by atoms with Crippen LogP contribution in [0.2, 0.25) is 0 Å². The van der Waals surface area contributed by atoms with Crippen LogP contribution in [0.4, 0.5) is 0 Å². The number of nitrogens with zero attached hydrogens (tertiary/aromatic N) is 1. The molecule has 0 spiro atoms. The van der Waals surface area contributed by atoms with Crippen molar-refractivity contribution in [2.24, 2.45) is 0 Å². The van der Waals surface area contributed by atoms with E-state index >= 15 is 0 Å². The molecule has 2 aromatic heterocycles. The highest BCUT2D eigenvalue weighted by molar-refractivity contribution is 7.12. The first kappa shape index (κ1) is 22.6. The summed E-state index contributed by atoms with van der Waals surface area (Å²) in [6.07, 6.45) is 5.49. The fraction of sp³-hybridized carbons (Fsp3) is 0.360. The highest BCUT2D eigenvalue weighted by Crippen LogP contribution is 2.31. The molecule has 3 aromatic rings. The zero-order chi connectivity index (χ0) is 22.3. The largest absolute Gasteiger partial charge is 0.497 e. The summed E-state index contributed by atoms with van der Waals surface area (Å²) in [5, 5.41) is 7.09. The maximum absolute atomic E-state index is 13.6. The molecule has 1 atom stereocenters. The molecule has 0 aliphatic heterocycles. The molecule has 1 N–H and O–H groups in total. The Morgan fingerprint density at radius 3 is 2.53 bits per heavy atom. The molecule has 1 aliphatic carbocycles. The Morgan fingerprint density at radius 1 is 1.06 bits per heavy atom. The van der Waals surface area contributed by atoms with Crippen molar-refractivity contribution in [3.63, 3.8) is 0 Å². The van der Waals surface area contributed by atoms with Crippen molar-refractivity contribution in [3.8, 4) is 5.75 Å². The average molecular weight is 469 g/mol. The lowest BCUT2D eigenvalue weighted by Crippen LogP contribution is -2.46. The van der Waals surface area contributed by atoms with Gasteiger partial charge in [0.1, 0.15) is 11.8 Å². The molecule has 2 amide bonds. The molecular formula is C25H28N2O3S2. The van der Waals surface area contributed by atoms with Crippen molar-refractivity contribution in [1.29, 1.82) is 0 Å². The molecule has 1 saturated carbocycles. The summed E-state index contributed by atoms with van der Waals surface area (Å²) in [7, 11) is 1.62. The fourth-order valence-electron chi connectivity index (χ4n) is 4.19. The number of hydrogen-bond acceptors (Lipinski definition) is 5. The minimum absolute atomic E-state index is 0.104. The highest BCUT2D eigenvalue weighted by Gasteiger charge is 2.34. The number of rotatable bonds is 8. The van der Waals surface area contributed by atoms with Gasteiger partial charge >= 0.3 is 0 Å². The maximum atomic E-state index is 13.6. The third-order valence-corrected chi connectivity index (χ3v) is 7.59. The summed E-state index contributed by atoms with van der Waals surface area (Å²) in [6.45, 7) is 0.314. The summed E-state index contributed by atoms with van der Waals surface area (Å²) in [6, 6.07) is 14.7. The first-order valence-corrected chi connectivity index (χ1v) is 12.7. The quantitative estimate of drug-likeness (QED) is 0.465. The highest BCUT2D eigenvalue weighted by atomic mass is 32.1. The molecule has 168 valence electrons. The van der Waals surface area contributed by atoms with Gasteiger partial charge in [-0.2, -0.15) is 0 Å². The van der Waals surface area contributed by atoms with Crippen LogP contribution in [0.5, 0.6) is 5.75 Å². The monoisotopic (exact) mass is 468 g/mol. The molecule has 0 bridgehead atoms. The Hall–Kier alpha value is -2.64. The van der Waals surface area contributed by atoms with E-state index in [0.717, 1.165) is 41.9 Å². The van der Waals surface area contributed by atoms with Crippen LogP contribution in [-0.2, 0) is 11.3 Å². The number of ether oxygens (including phenoxy) is 1. The lowest BCUT2D eigenvalue weighted by atomic mass is 9.95. The minimum Gasteiger partial charge on any atom is -0.497 e. The summed E-state index contributed by atoms with van der Waals surface area (Å²) in [5.74, 6) is 0.484. The molecule has 1 fully saturated rings. The second-order valence-corrected chi connectivity index (χ2v) is 9.95. The molecule has 7 heteroatoms. The van der Waals surface area contributed by atoms with Crippen LogP contribution < -0.4 is 10.1 Å². The van der Waals surface area contributed by atoms with Crippen LogP contribution in [0.15, 0.2) is 59.3 Å². The lowest BCUT2D eigenvalue weighted by Gasteiger charge is -2.32.